The van der Waals surface area contributed by atoms with E-state index in [0.29, 0.717) is 25.7 Å². The molecule has 1 rings (SSSR count). The van der Waals surface area contributed by atoms with Crippen LogP contribution in [0.2, 0.25) is 0 Å². The van der Waals surface area contributed by atoms with Gasteiger partial charge in [0.2, 0.25) is 0 Å². The Morgan fingerprint density at radius 2 is 2.00 bits per heavy atom. The molecule has 0 unspecified atom stereocenters. The van der Waals surface area contributed by atoms with Gasteiger partial charge in [-0.15, -0.1) is 30.6 Å². The van der Waals surface area contributed by atoms with Gasteiger partial charge in [0.05, 0.1) is 13.7 Å². The first-order valence-electron chi connectivity index (χ1n) is 5.68. The number of benzene rings is 1. The van der Waals surface area contributed by atoms with Gasteiger partial charge in [-0.1, -0.05) is 6.08 Å². The summed E-state index contributed by atoms with van der Waals surface area (Å²) in [5.74, 6) is 1.98. The van der Waals surface area contributed by atoms with Crippen molar-refractivity contribution in [3.8, 4) is 11.5 Å². The Balaban J connectivity index is 0.00000324. The normalized spacial score (nSPS) is 10.3. The van der Waals surface area contributed by atoms with Gasteiger partial charge in [0, 0.05) is 6.54 Å². The molecule has 5 nitrogen and oxygen atoms in total. The van der Waals surface area contributed by atoms with Crippen molar-refractivity contribution in [2.24, 2.45) is 10.7 Å². The summed E-state index contributed by atoms with van der Waals surface area (Å²) in [5, 5.41) is 2.88. The Labute approximate surface area is 130 Å². The number of hydrogen-bond acceptors (Lipinski definition) is 3. The summed E-state index contributed by atoms with van der Waals surface area (Å²) in [6.07, 6.45) is 1.72. The molecule has 0 radical (unpaired) electrons. The van der Waals surface area contributed by atoms with E-state index in [1.54, 1.807) is 13.2 Å². The number of nitrogens with one attached hydrogen (secondary N) is 1. The third-order valence-electron chi connectivity index (χ3n) is 2.13. The predicted molar refractivity (Wildman–Crippen MR) is 88.6 cm³/mol. The molecule has 0 atom stereocenters. The highest BCUT2D eigenvalue weighted by Crippen LogP contribution is 2.16. The van der Waals surface area contributed by atoms with E-state index in [0.717, 1.165) is 11.5 Å². The van der Waals surface area contributed by atoms with Crippen LogP contribution < -0.4 is 20.5 Å². The molecule has 3 N–H and O–H groups in total. The Hall–Kier alpha value is -1.44. The molecule has 106 valence electrons. The maximum Gasteiger partial charge on any atom is 0.188 e. The minimum absolute atomic E-state index is 0. The zero-order chi connectivity index (χ0) is 13.2. The SMILES string of the molecule is C=CCNC(N)=NCCOc1ccc(OC)cc1.I. The molecule has 0 fully saturated rings. The first kappa shape index (κ1) is 17.6. The Bertz CT molecular complexity index is 393. The molecule has 0 heterocycles. The van der Waals surface area contributed by atoms with Crippen LogP contribution in [0.4, 0.5) is 0 Å². The lowest BCUT2D eigenvalue weighted by atomic mass is 10.3. The van der Waals surface area contributed by atoms with Gasteiger partial charge in [-0.05, 0) is 24.3 Å². The van der Waals surface area contributed by atoms with Gasteiger partial charge in [-0.3, -0.25) is 0 Å². The number of rotatable bonds is 7. The van der Waals surface area contributed by atoms with Gasteiger partial charge in [-0.25, -0.2) is 4.99 Å². The molecule has 0 aliphatic carbocycles. The number of hydrogen-bond donors (Lipinski definition) is 2. The second kappa shape index (κ2) is 10.5. The second-order valence-electron chi connectivity index (χ2n) is 3.46. The van der Waals surface area contributed by atoms with Crippen LogP contribution in [0.15, 0.2) is 41.9 Å². The first-order valence-corrected chi connectivity index (χ1v) is 5.68. The fourth-order valence-electron chi connectivity index (χ4n) is 1.23. The smallest absolute Gasteiger partial charge is 0.188 e. The zero-order valence-corrected chi connectivity index (χ0v) is 13.3. The average Bonchev–Trinajstić information content (AvgIpc) is 2.42. The fraction of sp³-hybridized carbons (Fsp3) is 0.308. The molecule has 6 heteroatoms. The highest BCUT2D eigenvalue weighted by atomic mass is 127. The van der Waals surface area contributed by atoms with Crippen LogP contribution in [0.5, 0.6) is 11.5 Å². The van der Waals surface area contributed by atoms with Crippen molar-refractivity contribution in [3.63, 3.8) is 0 Å². The largest absolute Gasteiger partial charge is 0.497 e. The minimum atomic E-state index is 0. The summed E-state index contributed by atoms with van der Waals surface area (Å²) in [4.78, 5) is 4.10. The van der Waals surface area contributed by atoms with Gasteiger partial charge < -0.3 is 20.5 Å². The van der Waals surface area contributed by atoms with Crippen molar-refractivity contribution in [1.82, 2.24) is 5.32 Å². The zero-order valence-electron chi connectivity index (χ0n) is 11.0. The van der Waals surface area contributed by atoms with E-state index in [2.05, 4.69) is 16.9 Å². The van der Waals surface area contributed by atoms with Gasteiger partial charge in [-0.2, -0.15) is 0 Å². The van der Waals surface area contributed by atoms with Crippen molar-refractivity contribution in [3.05, 3.63) is 36.9 Å². The highest BCUT2D eigenvalue weighted by Gasteiger charge is 1.95. The van der Waals surface area contributed by atoms with Gasteiger partial charge in [0.25, 0.3) is 0 Å². The molecule has 0 saturated heterocycles. The summed E-state index contributed by atoms with van der Waals surface area (Å²) < 4.78 is 10.5. The van der Waals surface area contributed by atoms with E-state index in [1.165, 1.54) is 0 Å². The van der Waals surface area contributed by atoms with Crippen molar-refractivity contribution in [2.75, 3.05) is 26.8 Å². The minimum Gasteiger partial charge on any atom is -0.497 e. The fourth-order valence-corrected chi connectivity index (χ4v) is 1.23. The lowest BCUT2D eigenvalue weighted by Gasteiger charge is -2.06. The van der Waals surface area contributed by atoms with Crippen LogP contribution in [0.3, 0.4) is 0 Å². The molecule has 0 aliphatic rings. The van der Waals surface area contributed by atoms with Crippen LogP contribution in [0.1, 0.15) is 0 Å². The molecule has 0 aromatic heterocycles. The van der Waals surface area contributed by atoms with E-state index >= 15 is 0 Å². The van der Waals surface area contributed by atoms with Crippen LogP contribution in [-0.4, -0.2) is 32.8 Å². The van der Waals surface area contributed by atoms with Crippen LogP contribution in [-0.2, 0) is 0 Å². The van der Waals surface area contributed by atoms with Crippen molar-refractivity contribution in [2.45, 2.75) is 0 Å². The van der Waals surface area contributed by atoms with Gasteiger partial charge >= 0.3 is 0 Å². The van der Waals surface area contributed by atoms with E-state index in [-0.39, 0.29) is 24.0 Å². The maximum absolute atomic E-state index is 5.60. The number of halogens is 1. The van der Waals surface area contributed by atoms with Crippen LogP contribution in [0.25, 0.3) is 0 Å². The number of nitrogens with two attached hydrogens (primary N) is 1. The average molecular weight is 377 g/mol. The van der Waals surface area contributed by atoms with Gasteiger partial charge in [0.15, 0.2) is 5.96 Å². The molecule has 0 amide bonds. The Morgan fingerprint density at radius 3 is 2.58 bits per heavy atom. The van der Waals surface area contributed by atoms with E-state index in [9.17, 15) is 0 Å². The summed E-state index contributed by atoms with van der Waals surface area (Å²) >= 11 is 0. The second-order valence-corrected chi connectivity index (χ2v) is 3.46. The summed E-state index contributed by atoms with van der Waals surface area (Å²) in [6.45, 7) is 5.16. The molecule has 19 heavy (non-hydrogen) atoms. The Morgan fingerprint density at radius 1 is 1.37 bits per heavy atom. The van der Waals surface area contributed by atoms with Gasteiger partial charge in [0.1, 0.15) is 18.1 Å². The van der Waals surface area contributed by atoms with Crippen LogP contribution in [0, 0.1) is 0 Å². The number of nitrogens with zero attached hydrogens (tertiary/aromatic N) is 1. The van der Waals surface area contributed by atoms with Crippen molar-refractivity contribution >= 4 is 29.9 Å². The third-order valence-corrected chi connectivity index (χ3v) is 2.13. The first-order chi connectivity index (χ1) is 8.76. The molecule has 0 aliphatic heterocycles. The quantitative estimate of drug-likeness (QED) is 0.250. The molecule has 1 aromatic carbocycles. The third kappa shape index (κ3) is 7.55. The lowest BCUT2D eigenvalue weighted by Crippen LogP contribution is -2.32. The molecule has 0 saturated carbocycles. The molecule has 0 bridgehead atoms. The number of methoxy groups -OCH3 is 1. The topological polar surface area (TPSA) is 68.9 Å². The number of guanidine groups is 1. The standard InChI is InChI=1S/C13H19N3O2.HI/c1-3-8-15-13(14)16-9-10-18-12-6-4-11(17-2)5-7-12;/h3-7H,1,8-10H2,2H3,(H3,14,15,16);1H. The molecular formula is C13H20IN3O2. The van der Waals surface area contributed by atoms with E-state index in [1.807, 2.05) is 24.3 Å². The van der Waals surface area contributed by atoms with E-state index < -0.39 is 0 Å². The highest BCUT2D eigenvalue weighted by molar-refractivity contribution is 14.0. The van der Waals surface area contributed by atoms with Crippen molar-refractivity contribution in [1.29, 1.82) is 0 Å². The molecular weight excluding hydrogens is 357 g/mol. The lowest BCUT2D eigenvalue weighted by molar-refractivity contribution is 0.327. The molecule has 0 spiro atoms. The summed E-state index contributed by atoms with van der Waals surface area (Å²) in [5.41, 5.74) is 5.60. The molecule has 1 aromatic rings. The van der Waals surface area contributed by atoms with Crippen molar-refractivity contribution < 1.29 is 9.47 Å². The maximum atomic E-state index is 5.60. The van der Waals surface area contributed by atoms with Crippen LogP contribution >= 0.6 is 24.0 Å². The Kier molecular flexibility index (Phi) is 9.69. The van der Waals surface area contributed by atoms with E-state index in [4.69, 9.17) is 15.2 Å². The number of ether oxygens (including phenoxy) is 2. The summed E-state index contributed by atoms with van der Waals surface area (Å²) in [6, 6.07) is 7.39. The number of aliphatic imine (C=N–C) groups is 1. The monoisotopic (exact) mass is 377 g/mol. The predicted octanol–water partition coefficient (Wildman–Crippen LogP) is 1.78. The summed E-state index contributed by atoms with van der Waals surface area (Å²) in [7, 11) is 1.63.